The van der Waals surface area contributed by atoms with E-state index in [2.05, 4.69) is 18.9 Å². The Kier molecular flexibility index (Phi) is 2.37. The highest BCUT2D eigenvalue weighted by Gasteiger charge is 2.39. The fourth-order valence-electron chi connectivity index (χ4n) is 2.45. The second-order valence-electron chi connectivity index (χ2n) is 5.17. The smallest absolute Gasteiger partial charge is 0.0788 e. The SMILES string of the molecule is CC1CC(O)(CCC2CC2)CN1C. The van der Waals surface area contributed by atoms with Crippen LogP contribution in [0.1, 0.15) is 39.0 Å². The van der Waals surface area contributed by atoms with E-state index in [0.717, 1.165) is 25.3 Å². The molecule has 1 N–H and O–H groups in total. The van der Waals surface area contributed by atoms with Crippen LogP contribution in [0, 0.1) is 5.92 Å². The number of rotatable bonds is 3. The van der Waals surface area contributed by atoms with E-state index in [-0.39, 0.29) is 5.60 Å². The Morgan fingerprint density at radius 3 is 2.62 bits per heavy atom. The number of β-amino-alcohol motifs (C(OH)–C–C–N with tert-alkyl or cyclic N) is 1. The Balaban J connectivity index is 1.81. The molecule has 2 heteroatoms. The van der Waals surface area contributed by atoms with Gasteiger partial charge in [-0.25, -0.2) is 0 Å². The summed E-state index contributed by atoms with van der Waals surface area (Å²) >= 11 is 0. The highest BCUT2D eigenvalue weighted by Crippen LogP contribution is 2.38. The molecule has 0 aromatic carbocycles. The van der Waals surface area contributed by atoms with E-state index in [4.69, 9.17) is 0 Å². The minimum atomic E-state index is -0.364. The molecule has 2 aliphatic rings. The van der Waals surface area contributed by atoms with Gasteiger partial charge in [0.2, 0.25) is 0 Å². The first-order chi connectivity index (χ1) is 6.09. The van der Waals surface area contributed by atoms with Crippen molar-refractivity contribution in [2.75, 3.05) is 13.6 Å². The van der Waals surface area contributed by atoms with E-state index in [0.29, 0.717) is 6.04 Å². The molecule has 2 atom stereocenters. The molecule has 2 unspecified atom stereocenters. The highest BCUT2D eigenvalue weighted by molar-refractivity contribution is 4.94. The standard InChI is InChI=1S/C11H21NO/c1-9-7-11(13,8-12(9)2)6-5-10-3-4-10/h9-10,13H,3-8H2,1-2H3. The largest absolute Gasteiger partial charge is 0.388 e. The monoisotopic (exact) mass is 183 g/mol. The molecule has 1 saturated carbocycles. The van der Waals surface area contributed by atoms with Crippen LogP contribution in [-0.2, 0) is 0 Å². The van der Waals surface area contributed by atoms with E-state index in [1.165, 1.54) is 19.3 Å². The lowest BCUT2D eigenvalue weighted by molar-refractivity contribution is 0.0393. The van der Waals surface area contributed by atoms with Crippen molar-refractivity contribution in [1.82, 2.24) is 4.90 Å². The van der Waals surface area contributed by atoms with E-state index >= 15 is 0 Å². The van der Waals surface area contributed by atoms with Crippen LogP contribution in [0.5, 0.6) is 0 Å². The number of likely N-dealkylation sites (tertiary alicyclic amines) is 1. The molecule has 0 spiro atoms. The lowest BCUT2D eigenvalue weighted by atomic mass is 9.94. The predicted octanol–water partition coefficient (Wildman–Crippen LogP) is 1.63. The first-order valence-electron chi connectivity index (χ1n) is 5.52. The van der Waals surface area contributed by atoms with Gasteiger partial charge >= 0.3 is 0 Å². The Morgan fingerprint density at radius 1 is 1.46 bits per heavy atom. The Labute approximate surface area is 80.9 Å². The normalized spacial score (nSPS) is 41.3. The molecular weight excluding hydrogens is 162 g/mol. The quantitative estimate of drug-likeness (QED) is 0.719. The molecule has 0 aromatic heterocycles. The van der Waals surface area contributed by atoms with E-state index in [1.54, 1.807) is 0 Å². The Bertz CT molecular complexity index is 179. The molecule has 0 amide bonds. The van der Waals surface area contributed by atoms with Crippen molar-refractivity contribution in [1.29, 1.82) is 0 Å². The molecule has 76 valence electrons. The summed E-state index contributed by atoms with van der Waals surface area (Å²) in [6, 6.07) is 0.559. The molecule has 1 aliphatic carbocycles. The zero-order valence-corrected chi connectivity index (χ0v) is 8.79. The molecule has 13 heavy (non-hydrogen) atoms. The number of hydrogen-bond donors (Lipinski definition) is 1. The van der Waals surface area contributed by atoms with Crippen LogP contribution in [0.2, 0.25) is 0 Å². The predicted molar refractivity (Wildman–Crippen MR) is 53.6 cm³/mol. The second kappa shape index (κ2) is 3.25. The Hall–Kier alpha value is -0.0800. The molecule has 0 bridgehead atoms. The molecule has 2 nitrogen and oxygen atoms in total. The van der Waals surface area contributed by atoms with Gasteiger partial charge in [0.05, 0.1) is 5.60 Å². The molecule has 1 aliphatic heterocycles. The third-order valence-corrected chi connectivity index (χ3v) is 3.69. The van der Waals surface area contributed by atoms with Crippen LogP contribution >= 0.6 is 0 Å². The van der Waals surface area contributed by atoms with E-state index in [9.17, 15) is 5.11 Å². The zero-order chi connectivity index (χ0) is 9.47. The average Bonchev–Trinajstić information content (AvgIpc) is 2.79. The second-order valence-corrected chi connectivity index (χ2v) is 5.17. The average molecular weight is 183 g/mol. The van der Waals surface area contributed by atoms with Crippen LogP contribution in [0.15, 0.2) is 0 Å². The van der Waals surface area contributed by atoms with Gasteiger partial charge in [0, 0.05) is 12.6 Å². The maximum atomic E-state index is 10.3. The molecule has 2 fully saturated rings. The summed E-state index contributed by atoms with van der Waals surface area (Å²) in [6.45, 7) is 3.08. The topological polar surface area (TPSA) is 23.5 Å². The van der Waals surface area contributed by atoms with Gasteiger partial charge in [0.15, 0.2) is 0 Å². The fourth-order valence-corrected chi connectivity index (χ4v) is 2.45. The minimum Gasteiger partial charge on any atom is -0.388 e. The third kappa shape index (κ3) is 2.23. The zero-order valence-electron chi connectivity index (χ0n) is 8.79. The van der Waals surface area contributed by atoms with Crippen molar-refractivity contribution >= 4 is 0 Å². The van der Waals surface area contributed by atoms with Crippen molar-refractivity contribution in [3.05, 3.63) is 0 Å². The van der Waals surface area contributed by atoms with Gasteiger partial charge in [0.1, 0.15) is 0 Å². The van der Waals surface area contributed by atoms with Gasteiger partial charge in [-0.3, -0.25) is 0 Å². The lowest BCUT2D eigenvalue weighted by Crippen LogP contribution is -2.31. The van der Waals surface area contributed by atoms with Gasteiger partial charge in [-0.1, -0.05) is 12.8 Å². The Morgan fingerprint density at radius 2 is 2.15 bits per heavy atom. The van der Waals surface area contributed by atoms with Gasteiger partial charge < -0.3 is 10.0 Å². The summed E-state index contributed by atoms with van der Waals surface area (Å²) in [6.07, 6.45) is 6.04. The van der Waals surface area contributed by atoms with Crippen molar-refractivity contribution in [3.8, 4) is 0 Å². The maximum Gasteiger partial charge on any atom is 0.0788 e. The van der Waals surface area contributed by atoms with Crippen molar-refractivity contribution < 1.29 is 5.11 Å². The summed E-state index contributed by atoms with van der Waals surface area (Å²) in [4.78, 5) is 2.27. The van der Waals surface area contributed by atoms with E-state index in [1.807, 2.05) is 0 Å². The van der Waals surface area contributed by atoms with Crippen LogP contribution in [0.3, 0.4) is 0 Å². The fraction of sp³-hybridized carbons (Fsp3) is 1.00. The number of aliphatic hydroxyl groups is 1. The molecule has 0 radical (unpaired) electrons. The lowest BCUT2D eigenvalue weighted by Gasteiger charge is -2.21. The highest BCUT2D eigenvalue weighted by atomic mass is 16.3. The van der Waals surface area contributed by atoms with Crippen LogP contribution < -0.4 is 0 Å². The first-order valence-corrected chi connectivity index (χ1v) is 5.52. The molecular formula is C11H21NO. The van der Waals surface area contributed by atoms with Gasteiger partial charge in [-0.2, -0.15) is 0 Å². The summed E-state index contributed by atoms with van der Waals surface area (Å²) in [5, 5.41) is 10.3. The van der Waals surface area contributed by atoms with Crippen LogP contribution in [-0.4, -0.2) is 35.2 Å². The van der Waals surface area contributed by atoms with Crippen LogP contribution in [0.25, 0.3) is 0 Å². The van der Waals surface area contributed by atoms with Crippen molar-refractivity contribution in [2.24, 2.45) is 5.92 Å². The first kappa shape index (κ1) is 9.47. The molecule has 1 heterocycles. The summed E-state index contributed by atoms with van der Waals surface area (Å²) in [7, 11) is 2.11. The molecule has 1 saturated heterocycles. The summed E-state index contributed by atoms with van der Waals surface area (Å²) in [5.74, 6) is 0.949. The van der Waals surface area contributed by atoms with E-state index < -0.39 is 0 Å². The third-order valence-electron chi connectivity index (χ3n) is 3.69. The number of likely N-dealkylation sites (N-methyl/N-ethyl adjacent to an activating group) is 1. The summed E-state index contributed by atoms with van der Waals surface area (Å²) in [5.41, 5.74) is -0.364. The minimum absolute atomic E-state index is 0.364. The van der Waals surface area contributed by atoms with Crippen molar-refractivity contribution in [2.45, 2.75) is 50.7 Å². The van der Waals surface area contributed by atoms with Crippen LogP contribution in [0.4, 0.5) is 0 Å². The molecule has 0 aromatic rings. The number of hydrogen-bond acceptors (Lipinski definition) is 2. The maximum absolute atomic E-state index is 10.3. The van der Waals surface area contributed by atoms with Gasteiger partial charge in [-0.05, 0) is 39.2 Å². The van der Waals surface area contributed by atoms with Crippen molar-refractivity contribution in [3.63, 3.8) is 0 Å². The van der Waals surface area contributed by atoms with Gasteiger partial charge in [0.25, 0.3) is 0 Å². The number of nitrogens with zero attached hydrogens (tertiary/aromatic N) is 1. The van der Waals surface area contributed by atoms with Gasteiger partial charge in [-0.15, -0.1) is 0 Å². The summed E-state index contributed by atoms with van der Waals surface area (Å²) < 4.78 is 0. The molecule has 2 rings (SSSR count).